The summed E-state index contributed by atoms with van der Waals surface area (Å²) < 4.78 is 0. The highest BCUT2D eigenvalue weighted by atomic mass is 16.4. The molecule has 0 aromatic heterocycles. The molecule has 98 valence electrons. The van der Waals surface area contributed by atoms with Gasteiger partial charge in [-0.1, -0.05) is 41.6 Å². The van der Waals surface area contributed by atoms with Crippen molar-refractivity contribution in [3.05, 3.63) is 65.2 Å². The lowest BCUT2D eigenvalue weighted by atomic mass is 9.98. The fourth-order valence-electron chi connectivity index (χ4n) is 2.02. The van der Waals surface area contributed by atoms with Gasteiger partial charge in [-0.05, 0) is 24.6 Å². The Morgan fingerprint density at radius 1 is 1.00 bits per heavy atom. The summed E-state index contributed by atoms with van der Waals surface area (Å²) in [6, 6.07) is 15.9. The van der Waals surface area contributed by atoms with E-state index >= 15 is 0 Å². The lowest BCUT2D eigenvalue weighted by molar-refractivity contribution is 0.319. The molecule has 2 rings (SSSR count). The van der Waals surface area contributed by atoms with Gasteiger partial charge in [0.15, 0.2) is 0 Å². The molecule has 2 aromatic carbocycles. The molecule has 0 aliphatic carbocycles. The van der Waals surface area contributed by atoms with E-state index in [4.69, 9.17) is 0 Å². The minimum absolute atomic E-state index is 0.600. The van der Waals surface area contributed by atoms with Crippen molar-refractivity contribution in [2.24, 2.45) is 5.16 Å². The molecule has 3 heteroatoms. The van der Waals surface area contributed by atoms with Crippen LogP contribution >= 0.6 is 0 Å². The number of nitrogens with zero attached hydrogens (tertiary/aromatic N) is 2. The SMILES string of the molecule is Cc1ccccc1C(=NO)c1ccc(N(C)C)cc1. The van der Waals surface area contributed by atoms with Crippen LogP contribution < -0.4 is 4.90 Å². The first-order chi connectivity index (χ1) is 9.13. The molecule has 0 aliphatic heterocycles. The molecule has 0 spiro atoms. The Morgan fingerprint density at radius 2 is 1.63 bits per heavy atom. The van der Waals surface area contributed by atoms with Crippen molar-refractivity contribution in [1.82, 2.24) is 0 Å². The molecule has 0 fully saturated rings. The Bertz CT molecular complexity index is 586. The second-order valence-electron chi connectivity index (χ2n) is 4.70. The first kappa shape index (κ1) is 13.1. The number of rotatable bonds is 3. The van der Waals surface area contributed by atoms with Crippen LogP contribution in [0.2, 0.25) is 0 Å². The van der Waals surface area contributed by atoms with Crippen LogP contribution in [0.25, 0.3) is 0 Å². The Kier molecular flexibility index (Phi) is 3.85. The molecule has 1 N–H and O–H groups in total. The third kappa shape index (κ3) is 2.76. The number of aryl methyl sites for hydroxylation is 1. The second-order valence-corrected chi connectivity index (χ2v) is 4.70. The maximum absolute atomic E-state index is 9.31. The van der Waals surface area contributed by atoms with Crippen molar-refractivity contribution in [1.29, 1.82) is 0 Å². The molecule has 0 amide bonds. The molecule has 0 aliphatic rings. The van der Waals surface area contributed by atoms with Gasteiger partial charge in [-0.2, -0.15) is 0 Å². The minimum Gasteiger partial charge on any atom is -0.410 e. The number of hydrogen-bond donors (Lipinski definition) is 1. The molecule has 0 saturated carbocycles. The Labute approximate surface area is 113 Å². The zero-order valence-corrected chi connectivity index (χ0v) is 11.5. The van der Waals surface area contributed by atoms with Gasteiger partial charge in [0.2, 0.25) is 0 Å². The molecule has 0 heterocycles. The summed E-state index contributed by atoms with van der Waals surface area (Å²) in [6.07, 6.45) is 0. The standard InChI is InChI=1S/C16H18N2O/c1-12-6-4-5-7-15(12)16(17-19)13-8-10-14(11-9-13)18(2)3/h4-11,19H,1-3H3. The second kappa shape index (κ2) is 5.57. The number of oxime groups is 1. The summed E-state index contributed by atoms with van der Waals surface area (Å²) >= 11 is 0. The molecule has 3 nitrogen and oxygen atoms in total. The number of benzene rings is 2. The van der Waals surface area contributed by atoms with Gasteiger partial charge in [-0.3, -0.25) is 0 Å². The van der Waals surface area contributed by atoms with Crippen LogP contribution in [-0.4, -0.2) is 25.0 Å². The lowest BCUT2D eigenvalue weighted by Gasteiger charge is -2.13. The third-order valence-electron chi connectivity index (χ3n) is 3.16. The van der Waals surface area contributed by atoms with E-state index in [2.05, 4.69) is 5.16 Å². The van der Waals surface area contributed by atoms with E-state index in [-0.39, 0.29) is 0 Å². The van der Waals surface area contributed by atoms with Gasteiger partial charge < -0.3 is 10.1 Å². The summed E-state index contributed by atoms with van der Waals surface area (Å²) in [7, 11) is 3.99. The van der Waals surface area contributed by atoms with E-state index in [1.165, 1.54) is 0 Å². The van der Waals surface area contributed by atoms with Crippen LogP contribution in [0, 0.1) is 6.92 Å². The van der Waals surface area contributed by atoms with Crippen molar-refractivity contribution in [3.8, 4) is 0 Å². The zero-order valence-electron chi connectivity index (χ0n) is 11.5. The molecular weight excluding hydrogens is 236 g/mol. The van der Waals surface area contributed by atoms with Crippen LogP contribution in [0.1, 0.15) is 16.7 Å². The maximum atomic E-state index is 9.31. The van der Waals surface area contributed by atoms with Crippen LogP contribution in [0.5, 0.6) is 0 Å². The molecule has 0 bridgehead atoms. The van der Waals surface area contributed by atoms with Crippen LogP contribution in [-0.2, 0) is 0 Å². The molecule has 19 heavy (non-hydrogen) atoms. The summed E-state index contributed by atoms with van der Waals surface area (Å²) in [5, 5.41) is 12.8. The largest absolute Gasteiger partial charge is 0.410 e. The van der Waals surface area contributed by atoms with E-state index in [0.717, 1.165) is 22.4 Å². The van der Waals surface area contributed by atoms with Gasteiger partial charge >= 0.3 is 0 Å². The van der Waals surface area contributed by atoms with Crippen LogP contribution in [0.4, 0.5) is 5.69 Å². The zero-order chi connectivity index (χ0) is 13.8. The predicted molar refractivity (Wildman–Crippen MR) is 79.4 cm³/mol. The normalized spacial score (nSPS) is 11.4. The van der Waals surface area contributed by atoms with E-state index in [9.17, 15) is 5.21 Å². The van der Waals surface area contributed by atoms with Gasteiger partial charge in [0, 0.05) is 30.9 Å². The lowest BCUT2D eigenvalue weighted by Crippen LogP contribution is -2.10. The Hall–Kier alpha value is -2.29. The fourth-order valence-corrected chi connectivity index (χ4v) is 2.02. The topological polar surface area (TPSA) is 35.8 Å². The molecule has 0 saturated heterocycles. The first-order valence-corrected chi connectivity index (χ1v) is 6.19. The third-order valence-corrected chi connectivity index (χ3v) is 3.16. The van der Waals surface area contributed by atoms with Crippen LogP contribution in [0.3, 0.4) is 0 Å². The molecule has 0 radical (unpaired) electrons. The highest BCUT2D eigenvalue weighted by Gasteiger charge is 2.10. The van der Waals surface area contributed by atoms with Gasteiger partial charge in [0.1, 0.15) is 5.71 Å². The van der Waals surface area contributed by atoms with Crippen molar-refractivity contribution in [3.63, 3.8) is 0 Å². The molecule has 2 aromatic rings. The highest BCUT2D eigenvalue weighted by Crippen LogP contribution is 2.18. The predicted octanol–water partition coefficient (Wildman–Crippen LogP) is 3.29. The van der Waals surface area contributed by atoms with Crippen molar-refractivity contribution in [2.45, 2.75) is 6.92 Å². The van der Waals surface area contributed by atoms with Gasteiger partial charge in [0.05, 0.1) is 0 Å². The average Bonchev–Trinajstić information content (AvgIpc) is 2.42. The summed E-state index contributed by atoms with van der Waals surface area (Å²) in [6.45, 7) is 2.01. The van der Waals surface area contributed by atoms with Crippen LogP contribution in [0.15, 0.2) is 53.7 Å². The maximum Gasteiger partial charge on any atom is 0.117 e. The summed E-state index contributed by atoms with van der Waals surface area (Å²) in [5.74, 6) is 0. The minimum atomic E-state index is 0.600. The quantitative estimate of drug-likeness (QED) is 0.518. The van der Waals surface area contributed by atoms with Crippen molar-refractivity contribution >= 4 is 11.4 Å². The fraction of sp³-hybridized carbons (Fsp3) is 0.188. The van der Waals surface area contributed by atoms with E-state index in [1.54, 1.807) is 0 Å². The molecule has 0 atom stereocenters. The smallest absolute Gasteiger partial charge is 0.117 e. The summed E-state index contributed by atoms with van der Waals surface area (Å²) in [5.41, 5.74) is 4.66. The molecular formula is C16H18N2O. The van der Waals surface area contributed by atoms with E-state index < -0.39 is 0 Å². The number of anilines is 1. The van der Waals surface area contributed by atoms with Gasteiger partial charge in [0.25, 0.3) is 0 Å². The van der Waals surface area contributed by atoms with Gasteiger partial charge in [-0.15, -0.1) is 0 Å². The first-order valence-electron chi connectivity index (χ1n) is 6.19. The summed E-state index contributed by atoms with van der Waals surface area (Å²) in [4.78, 5) is 2.04. The molecule has 0 unspecified atom stereocenters. The average molecular weight is 254 g/mol. The Morgan fingerprint density at radius 3 is 2.16 bits per heavy atom. The van der Waals surface area contributed by atoms with Crippen molar-refractivity contribution < 1.29 is 5.21 Å². The van der Waals surface area contributed by atoms with Crippen molar-refractivity contribution in [2.75, 3.05) is 19.0 Å². The number of hydrogen-bond acceptors (Lipinski definition) is 3. The van der Waals surface area contributed by atoms with Gasteiger partial charge in [-0.25, -0.2) is 0 Å². The van der Waals surface area contributed by atoms with E-state index in [1.807, 2.05) is 74.4 Å². The highest BCUT2D eigenvalue weighted by molar-refractivity contribution is 6.13. The monoisotopic (exact) mass is 254 g/mol. The van der Waals surface area contributed by atoms with E-state index in [0.29, 0.717) is 5.71 Å². The Balaban J connectivity index is 2.41.